The van der Waals surface area contributed by atoms with Crippen LogP contribution in [0.1, 0.15) is 28.7 Å². The molecule has 3 aromatic carbocycles. The summed E-state index contributed by atoms with van der Waals surface area (Å²) in [6, 6.07) is 26.9. The van der Waals surface area contributed by atoms with Crippen molar-refractivity contribution in [2.24, 2.45) is 0 Å². The van der Waals surface area contributed by atoms with E-state index >= 15 is 0 Å². The van der Waals surface area contributed by atoms with Crippen LogP contribution in [0, 0.1) is 0 Å². The summed E-state index contributed by atoms with van der Waals surface area (Å²) in [6.45, 7) is 2.81. The van der Waals surface area contributed by atoms with Gasteiger partial charge in [-0.15, -0.1) is 0 Å². The number of hydrogen-bond acceptors (Lipinski definition) is 3. The first-order chi connectivity index (χ1) is 15.7. The van der Waals surface area contributed by atoms with Crippen LogP contribution in [0.2, 0.25) is 0 Å². The number of nitrogens with one attached hydrogen (secondary N) is 2. The van der Waals surface area contributed by atoms with Crippen molar-refractivity contribution < 1.29 is 9.59 Å². The zero-order valence-corrected chi connectivity index (χ0v) is 18.2. The molecule has 1 heterocycles. The van der Waals surface area contributed by atoms with Gasteiger partial charge in [-0.25, -0.2) is 0 Å². The maximum Gasteiger partial charge on any atom is 0.309 e. The summed E-state index contributed by atoms with van der Waals surface area (Å²) in [4.78, 5) is 26.3. The largest absolute Gasteiger partial charge is 0.367 e. The second-order valence-electron chi connectivity index (χ2n) is 8.13. The zero-order valence-electron chi connectivity index (χ0n) is 18.2. The SMILES string of the molecule is O=C(NCCCc1ccc(N2CCc3ccccc3C2)cc1)C(=O)NCc1ccccc1. The molecule has 0 saturated heterocycles. The first-order valence-electron chi connectivity index (χ1n) is 11.2. The Kier molecular flexibility index (Phi) is 7.18. The number of carbonyl (C=O) groups excluding carboxylic acids is 2. The van der Waals surface area contributed by atoms with Crippen molar-refractivity contribution in [3.8, 4) is 0 Å². The number of anilines is 1. The minimum atomic E-state index is -0.596. The van der Waals surface area contributed by atoms with Gasteiger partial charge in [0.25, 0.3) is 0 Å². The summed E-state index contributed by atoms with van der Waals surface area (Å²) in [6.07, 6.45) is 2.72. The van der Waals surface area contributed by atoms with E-state index in [-0.39, 0.29) is 0 Å². The van der Waals surface area contributed by atoms with Gasteiger partial charge in [0.1, 0.15) is 0 Å². The molecule has 0 atom stereocenters. The monoisotopic (exact) mass is 427 g/mol. The molecule has 0 unspecified atom stereocenters. The van der Waals surface area contributed by atoms with Gasteiger partial charge in [0.05, 0.1) is 0 Å². The first kappa shape index (κ1) is 21.6. The third kappa shape index (κ3) is 5.76. The van der Waals surface area contributed by atoms with Gasteiger partial charge in [0.2, 0.25) is 0 Å². The van der Waals surface area contributed by atoms with E-state index < -0.39 is 11.8 Å². The molecule has 2 amide bonds. The van der Waals surface area contributed by atoms with Gasteiger partial charge in [0.15, 0.2) is 0 Å². The Morgan fingerprint density at radius 3 is 2.22 bits per heavy atom. The minimum absolute atomic E-state index is 0.349. The van der Waals surface area contributed by atoms with E-state index in [9.17, 15) is 9.59 Å². The van der Waals surface area contributed by atoms with Crippen molar-refractivity contribution in [3.63, 3.8) is 0 Å². The molecule has 0 bridgehead atoms. The Balaban J connectivity index is 1.17. The number of aryl methyl sites for hydroxylation is 1. The number of nitrogens with zero attached hydrogens (tertiary/aromatic N) is 1. The van der Waals surface area contributed by atoms with E-state index in [0.29, 0.717) is 13.1 Å². The fourth-order valence-electron chi connectivity index (χ4n) is 4.02. The Morgan fingerprint density at radius 2 is 1.44 bits per heavy atom. The molecular formula is C27H29N3O2. The highest BCUT2D eigenvalue weighted by Crippen LogP contribution is 2.24. The quantitative estimate of drug-likeness (QED) is 0.447. The van der Waals surface area contributed by atoms with E-state index in [1.54, 1.807) is 0 Å². The van der Waals surface area contributed by atoms with Crippen molar-refractivity contribution in [2.45, 2.75) is 32.4 Å². The van der Waals surface area contributed by atoms with Crippen LogP contribution in [-0.4, -0.2) is 24.9 Å². The molecule has 0 radical (unpaired) electrons. The number of benzene rings is 3. The molecule has 1 aliphatic heterocycles. The van der Waals surface area contributed by atoms with Crippen molar-refractivity contribution in [1.82, 2.24) is 10.6 Å². The molecule has 164 valence electrons. The molecule has 0 fully saturated rings. The van der Waals surface area contributed by atoms with Crippen molar-refractivity contribution in [2.75, 3.05) is 18.0 Å². The average molecular weight is 428 g/mol. The van der Waals surface area contributed by atoms with Crippen LogP contribution in [0.5, 0.6) is 0 Å². The van der Waals surface area contributed by atoms with Gasteiger partial charge in [-0.2, -0.15) is 0 Å². The lowest BCUT2D eigenvalue weighted by molar-refractivity contribution is -0.139. The summed E-state index contributed by atoms with van der Waals surface area (Å²) < 4.78 is 0. The van der Waals surface area contributed by atoms with E-state index in [4.69, 9.17) is 0 Å². The van der Waals surface area contributed by atoms with E-state index in [1.165, 1.54) is 22.4 Å². The van der Waals surface area contributed by atoms with Crippen LogP contribution < -0.4 is 15.5 Å². The molecule has 0 aromatic heterocycles. The van der Waals surface area contributed by atoms with Gasteiger partial charge in [-0.05, 0) is 53.6 Å². The lowest BCUT2D eigenvalue weighted by atomic mass is 9.99. The van der Waals surface area contributed by atoms with Crippen molar-refractivity contribution in [1.29, 1.82) is 0 Å². The Bertz CT molecular complexity index is 1050. The molecule has 4 rings (SSSR count). The number of hydrogen-bond donors (Lipinski definition) is 2. The lowest BCUT2D eigenvalue weighted by Gasteiger charge is -2.30. The van der Waals surface area contributed by atoms with Crippen molar-refractivity contribution >= 4 is 17.5 Å². The maximum absolute atomic E-state index is 12.0. The molecule has 1 aliphatic rings. The lowest BCUT2D eigenvalue weighted by Crippen LogP contribution is -2.40. The first-order valence-corrected chi connectivity index (χ1v) is 11.2. The second kappa shape index (κ2) is 10.6. The van der Waals surface area contributed by atoms with Gasteiger partial charge in [0, 0.05) is 31.9 Å². The number of carbonyl (C=O) groups is 2. The fourth-order valence-corrected chi connectivity index (χ4v) is 4.02. The summed E-state index contributed by atoms with van der Waals surface area (Å²) in [7, 11) is 0. The van der Waals surface area contributed by atoms with Crippen LogP contribution in [0.3, 0.4) is 0 Å². The van der Waals surface area contributed by atoms with E-state index in [1.807, 2.05) is 30.3 Å². The highest BCUT2D eigenvalue weighted by atomic mass is 16.2. The molecule has 0 aliphatic carbocycles. The Hall–Kier alpha value is -3.60. The number of rotatable bonds is 7. The second-order valence-corrected chi connectivity index (χ2v) is 8.13. The zero-order chi connectivity index (χ0) is 22.2. The molecule has 0 saturated carbocycles. The van der Waals surface area contributed by atoms with E-state index in [2.05, 4.69) is 64.1 Å². The van der Waals surface area contributed by atoms with Gasteiger partial charge >= 0.3 is 11.8 Å². The third-order valence-corrected chi connectivity index (χ3v) is 5.86. The molecule has 0 spiro atoms. The number of amides is 2. The molecule has 3 aromatic rings. The van der Waals surface area contributed by atoms with E-state index in [0.717, 1.165) is 37.9 Å². The summed E-state index contributed by atoms with van der Waals surface area (Å²) >= 11 is 0. The predicted molar refractivity (Wildman–Crippen MR) is 127 cm³/mol. The highest BCUT2D eigenvalue weighted by molar-refractivity contribution is 6.35. The summed E-state index contributed by atoms with van der Waals surface area (Å²) in [5, 5.41) is 5.35. The molecule has 32 heavy (non-hydrogen) atoms. The van der Waals surface area contributed by atoms with Crippen LogP contribution in [-0.2, 0) is 35.5 Å². The molecule has 2 N–H and O–H groups in total. The number of fused-ring (bicyclic) bond motifs is 1. The molecule has 5 heteroatoms. The van der Waals surface area contributed by atoms with Gasteiger partial charge in [-0.3, -0.25) is 9.59 Å². The average Bonchev–Trinajstić information content (AvgIpc) is 2.85. The fraction of sp³-hybridized carbons (Fsp3) is 0.259. The Labute approximate surface area is 189 Å². The molecular weight excluding hydrogens is 398 g/mol. The standard InChI is InChI=1S/C27H29N3O2/c31-26(27(32)29-19-22-7-2-1-3-8-22)28-17-6-9-21-12-14-25(15-13-21)30-18-16-23-10-4-5-11-24(23)20-30/h1-5,7-8,10-15H,6,9,16-20H2,(H,28,31)(H,29,32). The van der Waals surface area contributed by atoms with Crippen molar-refractivity contribution in [3.05, 3.63) is 101 Å². The van der Waals surface area contributed by atoms with Crippen LogP contribution >= 0.6 is 0 Å². The highest BCUT2D eigenvalue weighted by Gasteiger charge is 2.16. The summed E-state index contributed by atoms with van der Waals surface area (Å²) in [5.74, 6) is -1.18. The summed E-state index contributed by atoms with van der Waals surface area (Å²) in [5.41, 5.74) is 6.30. The Morgan fingerprint density at radius 1 is 0.750 bits per heavy atom. The molecule has 5 nitrogen and oxygen atoms in total. The van der Waals surface area contributed by atoms with Gasteiger partial charge in [-0.1, -0.05) is 66.7 Å². The van der Waals surface area contributed by atoms with Crippen LogP contribution in [0.4, 0.5) is 5.69 Å². The predicted octanol–water partition coefficient (Wildman–Crippen LogP) is 3.61. The van der Waals surface area contributed by atoms with Crippen LogP contribution in [0.25, 0.3) is 0 Å². The topological polar surface area (TPSA) is 61.4 Å². The van der Waals surface area contributed by atoms with Crippen LogP contribution in [0.15, 0.2) is 78.9 Å². The normalized spacial score (nSPS) is 12.7. The smallest absolute Gasteiger partial charge is 0.309 e. The maximum atomic E-state index is 12.0. The van der Waals surface area contributed by atoms with Gasteiger partial charge < -0.3 is 15.5 Å². The minimum Gasteiger partial charge on any atom is -0.367 e. The third-order valence-electron chi connectivity index (χ3n) is 5.86.